The minimum absolute atomic E-state index is 0. The van der Waals surface area contributed by atoms with Crippen LogP contribution in [0, 0.1) is 11.8 Å². The number of amides is 6. The van der Waals surface area contributed by atoms with E-state index in [0.717, 1.165) is 41.9 Å². The molecular formula is C72H115N6Na2O51-. The Kier molecular flexibility index (Phi) is 43.5. The molecule has 10 saturated heterocycles. The maximum absolute atomic E-state index is 15.1. The molecule has 0 aromatic heterocycles. The van der Waals surface area contributed by atoms with Crippen molar-refractivity contribution in [2.75, 3.05) is 53.7 Å². The van der Waals surface area contributed by atoms with Crippen LogP contribution in [0.5, 0.6) is 0 Å². The first-order chi connectivity index (χ1) is 60.4. The minimum atomic E-state index is -2.57. The summed E-state index contributed by atoms with van der Waals surface area (Å²) >= 11 is 0. The van der Waals surface area contributed by atoms with Crippen LogP contribution in [0.1, 0.15) is 41.5 Å². The smallest absolute Gasteiger partial charge is 0.870 e. The Hall–Kier alpha value is -3.72. The molecule has 0 saturated carbocycles. The quantitative estimate of drug-likeness (QED) is 0.0220. The molecule has 10 fully saturated rings. The van der Waals surface area contributed by atoms with E-state index in [2.05, 4.69) is 31.9 Å². The number of carbonyl (C=O) groups excluding carboxylic acids is 8. The molecule has 59 heteroatoms. The molecule has 10 aliphatic rings. The van der Waals surface area contributed by atoms with Crippen LogP contribution in [0.2, 0.25) is 0 Å². The Bertz CT molecular complexity index is 3660. The van der Waals surface area contributed by atoms with E-state index in [9.17, 15) is 146 Å². The molecular weight excluding hydrogens is 1810 g/mol. The van der Waals surface area contributed by atoms with E-state index in [-0.39, 0.29) is 64.6 Å². The fraction of sp³-hybridized carbons (Fsp3) is 0.889. The first kappa shape index (κ1) is 114. The predicted molar refractivity (Wildman–Crippen MR) is 395 cm³/mol. The Morgan fingerprint density at radius 2 is 0.557 bits per heavy atom. The Morgan fingerprint density at radius 1 is 0.305 bits per heavy atom. The molecule has 0 bridgehead atoms. The number of aliphatic carboxylic acids is 1. The number of hydrogen-bond acceptors (Lipinski definition) is 51. The van der Waals surface area contributed by atoms with Crippen molar-refractivity contribution in [1.29, 1.82) is 0 Å². The molecule has 0 aliphatic carbocycles. The number of methoxy groups -OCH3 is 2. The van der Waals surface area contributed by atoms with Crippen LogP contribution in [0.25, 0.3) is 0 Å². The van der Waals surface area contributed by atoms with Crippen molar-refractivity contribution < 1.29 is 310 Å². The van der Waals surface area contributed by atoms with Crippen molar-refractivity contribution in [3.63, 3.8) is 0 Å². The van der Waals surface area contributed by atoms with Crippen LogP contribution in [0.3, 0.4) is 0 Å². The molecule has 10 heterocycles. The van der Waals surface area contributed by atoms with Gasteiger partial charge in [0.05, 0.1) is 44.6 Å². The van der Waals surface area contributed by atoms with Crippen molar-refractivity contribution in [2.45, 2.75) is 336 Å². The van der Waals surface area contributed by atoms with Crippen LogP contribution >= 0.6 is 0 Å². The second kappa shape index (κ2) is 49.9. The molecule has 0 aromatic carbocycles. The molecule has 29 N–H and O–H groups in total. The van der Waals surface area contributed by atoms with Crippen LogP contribution in [-0.2, 0) is 128 Å². The van der Waals surface area contributed by atoms with Gasteiger partial charge in [0.1, 0.15) is 201 Å². The van der Waals surface area contributed by atoms with Crippen molar-refractivity contribution in [3.05, 3.63) is 0 Å². The van der Waals surface area contributed by atoms with Crippen LogP contribution in [0.4, 0.5) is 0 Å². The normalized spacial score (nSPS) is 46.6. The van der Waals surface area contributed by atoms with Gasteiger partial charge in [0, 0.05) is 60.9 Å². The maximum atomic E-state index is 15.1. The van der Waals surface area contributed by atoms with Crippen molar-refractivity contribution >= 4 is 47.7 Å². The van der Waals surface area contributed by atoms with Crippen LogP contribution in [0.15, 0.2) is 0 Å². The zero-order valence-corrected chi connectivity index (χ0v) is 75.8. The van der Waals surface area contributed by atoms with Gasteiger partial charge in [-0.05, 0) is 12.0 Å². The van der Waals surface area contributed by atoms with Gasteiger partial charge in [0.25, 0.3) is 11.8 Å². The number of carbonyl (C=O) groups is 7. The van der Waals surface area contributed by atoms with Crippen LogP contribution in [-0.4, -0.2) is 514 Å². The summed E-state index contributed by atoms with van der Waals surface area (Å²) in [6.45, 7) is -0.107. The number of carboxylic acid groups (broad SMARTS) is 1. The van der Waals surface area contributed by atoms with Gasteiger partial charge < -0.3 is 254 Å². The predicted octanol–water partition coefficient (Wildman–Crippen LogP) is -27.5. The van der Waals surface area contributed by atoms with E-state index in [4.69, 9.17) is 90.0 Å². The average Bonchev–Trinajstić information content (AvgIpc) is 0.761. The third-order valence-electron chi connectivity index (χ3n) is 23.5. The summed E-state index contributed by atoms with van der Waals surface area (Å²) < 4.78 is 110. The summed E-state index contributed by atoms with van der Waals surface area (Å²) in [5.74, 6) is -11.0. The van der Waals surface area contributed by atoms with E-state index in [1.54, 1.807) is 0 Å². The van der Waals surface area contributed by atoms with E-state index < -0.39 is 387 Å². The number of aliphatic hydroxyl groups excluding tert-OH is 22. The molecule has 742 valence electrons. The molecule has 10 aliphatic heterocycles. The number of nitrogens with one attached hydrogen (secondary N) is 6. The fourth-order valence-electron chi connectivity index (χ4n) is 16.4. The summed E-state index contributed by atoms with van der Waals surface area (Å²) in [5.41, 5.74) is 0. The number of ether oxygens (including phenoxy) is 19. The summed E-state index contributed by atoms with van der Waals surface area (Å²) in [5, 5.41) is 275. The maximum Gasteiger partial charge on any atom is 1.00 e. The monoisotopic (exact) mass is 1930 g/mol. The van der Waals surface area contributed by atoms with Gasteiger partial charge in [0.15, 0.2) is 75.1 Å². The molecule has 50 atom stereocenters. The molecule has 131 heavy (non-hydrogen) atoms. The second-order valence-electron chi connectivity index (χ2n) is 32.3. The second-order valence-corrected chi connectivity index (χ2v) is 32.3. The van der Waals surface area contributed by atoms with Gasteiger partial charge in [-0.3, -0.25) is 28.8 Å². The zero-order chi connectivity index (χ0) is 94.5. The first-order valence-electron chi connectivity index (χ1n) is 40.5. The van der Waals surface area contributed by atoms with Gasteiger partial charge in [-0.2, -0.15) is 0 Å². The summed E-state index contributed by atoms with van der Waals surface area (Å²) in [4.78, 5) is 106. The number of aliphatic hydroxyl groups is 22. The van der Waals surface area contributed by atoms with Crippen molar-refractivity contribution in [1.82, 2.24) is 31.9 Å². The standard InChI is InChI=1S/C72H115N6O50.2Na.H2O/c1-16-24(11-79)114-67(45(100)33(16)88)120-54-31(77-20(5)86)65(117-27(14-82)39(54)94)124-56-43(98)49(104)71(121-52-29(75-18(3)84)63(110-7)115-25(12-80)37(52)92)126-58(56)60(106)73-9-22-35(90)41(96)47(102)68(112-22)128-69-48(103)42(97)36(91)23(113-69)10-74-61(107)59-57(44(99)50(105)72(127-59)122-53-30(76-19(4)85)64(111-8)116-26(13-81)38(53)93)125-66-32(78-21(6)87)55(40(95)28(15-83)118-66)123-70-46(101)34(89)17(2)51(119-70)62(108)109;;;/h16-17,22-59,63-72,80-83,88-105H,9-10,12-15H2,1-8H3,(H,73,106)(H,74,107)(H,75,84)(H,76,85)(H,77,86)(H,78,87)(H,108,109);;;1H2/q-1;2*+1;/p-2/t16-,17+,22?,23?,24?,25?,26?,27?,28?,29?,30?,31?,32?,33+,34+,35-,36-,37-,38-,39-,40-,41+,42+,43-,44-,45?,46?,47?,48?,49?,50?,51?,52-,53-,54-,55-,56+,57+,58?,59?,63-,64-,65+,66+,67+,68-,69-,70+,71-,72-;;;/m1.../s1. The van der Waals surface area contributed by atoms with Crippen molar-refractivity contribution in [2.24, 2.45) is 11.8 Å². The first-order valence-corrected chi connectivity index (χ1v) is 40.5. The number of hydrogen-bond donors (Lipinski definition) is 28. The average molecular weight is 1930 g/mol. The summed E-state index contributed by atoms with van der Waals surface area (Å²) in [6.07, 6.45) is -92.8. The van der Waals surface area contributed by atoms with Gasteiger partial charge in [-0.1, -0.05) is 13.8 Å². The van der Waals surface area contributed by atoms with E-state index >= 15 is 9.59 Å². The van der Waals surface area contributed by atoms with E-state index in [1.807, 2.05) is 0 Å². The van der Waals surface area contributed by atoms with Gasteiger partial charge in [-0.25, -0.2) is 6.29 Å². The third kappa shape index (κ3) is 25.6. The Balaban J connectivity index is 0.00000782. The molecule has 10 rings (SSSR count). The Morgan fingerprint density at radius 3 is 0.847 bits per heavy atom. The molecule has 20 unspecified atom stereocenters. The van der Waals surface area contributed by atoms with Gasteiger partial charge in [0.2, 0.25) is 23.6 Å². The van der Waals surface area contributed by atoms with Crippen LogP contribution < -0.4 is 96.1 Å². The summed E-state index contributed by atoms with van der Waals surface area (Å²) in [7, 11) is 2.17. The minimum Gasteiger partial charge on any atom is -0.870 e. The number of carboxylic acids is 1. The molecule has 6 amide bonds. The topological polar surface area (TPSA) is 882 Å². The summed E-state index contributed by atoms with van der Waals surface area (Å²) in [6, 6.07) is -7.12. The Labute approximate surface area is 787 Å². The molecule has 57 nitrogen and oxygen atoms in total. The van der Waals surface area contributed by atoms with E-state index in [1.165, 1.54) is 20.1 Å². The fourth-order valence-corrected chi connectivity index (χ4v) is 16.4. The zero-order valence-electron chi connectivity index (χ0n) is 71.8. The van der Waals surface area contributed by atoms with E-state index in [0.29, 0.717) is 0 Å². The van der Waals surface area contributed by atoms with Crippen molar-refractivity contribution in [3.8, 4) is 0 Å². The molecule has 0 aromatic rings. The number of rotatable bonds is 32. The van der Waals surface area contributed by atoms with Gasteiger partial charge in [-0.15, -0.1) is 0 Å². The third-order valence-corrected chi connectivity index (χ3v) is 23.5. The van der Waals surface area contributed by atoms with Gasteiger partial charge >= 0.3 is 59.1 Å². The SMILES string of the molecule is CO[C@@H]1OC(CO)[C@@H](O)[C@H](O[C@@H]2OC(C(=O)NCC3O[C@H](O[C@H]4OC(CNC(=O)C5O[C@@H](O[C@@H]6C(NC(C)=O)[C@H](OC)OC(CO)[C@H]6O)C(O)[C@@H](O)[C@@H]5O[C@@H]5OC(CO)[C@@H](O)[C@H](O[C@@H]6OC(C(=O)[O-])[C@@H](C)[C@H](O)C6O)C5NC(C)=O)[C@@H](O)[C@H](O)C4O)C(O)[C@@H](O)[C@@H]3O)[C@@H](O[C@@H]3OC(CO)[C@@H](O)[C@H](O[C@@H]4OC([C-]=O)[C@@H](C)[C@H](O)C4O)C3NC(C)=O)[C@H](O)C2O)C1NC(C)=O.[Na+].[Na+].[OH-]. The largest absolute Gasteiger partial charge is 1.00 e. The molecule has 0 radical (unpaired) electrons. The molecule has 0 spiro atoms.